The van der Waals surface area contributed by atoms with E-state index in [0.717, 1.165) is 17.2 Å². The Kier molecular flexibility index (Phi) is 6.47. The molecule has 33 heavy (non-hydrogen) atoms. The Balaban J connectivity index is 1.65. The van der Waals surface area contributed by atoms with Crippen LogP contribution in [-0.2, 0) is 0 Å². The molecule has 1 aromatic heterocycles. The normalized spacial score (nSPS) is 16.6. The minimum atomic E-state index is -1.67. The molecule has 0 aliphatic carbocycles. The van der Waals surface area contributed by atoms with Crippen molar-refractivity contribution in [2.24, 2.45) is 5.92 Å². The van der Waals surface area contributed by atoms with E-state index in [1.54, 1.807) is 18.3 Å². The summed E-state index contributed by atoms with van der Waals surface area (Å²) in [7, 11) is 0. The number of rotatable bonds is 6. The number of pyridine rings is 1. The molecule has 0 spiro atoms. The maximum Gasteiger partial charge on any atom is 0.129 e. The molecule has 3 nitrogen and oxygen atoms in total. The highest BCUT2D eigenvalue weighted by molar-refractivity contribution is 6.29. The van der Waals surface area contributed by atoms with Gasteiger partial charge in [0.25, 0.3) is 0 Å². The van der Waals surface area contributed by atoms with Gasteiger partial charge in [0.1, 0.15) is 22.5 Å². The van der Waals surface area contributed by atoms with Gasteiger partial charge in [-0.1, -0.05) is 29.8 Å². The standard InChI is InChI=1S/C26H23ClF3N3/c1-26(2,30)24(19-9-21(28)11-22(29)10-19)20-14-33(15-20)25(18-6-7-23(27)32-13-18)17-5-3-4-16(8-17)12-31/h3-11,13,20,24-25H,14-15H2,1-2H3. The average Bonchev–Trinajstić information content (AvgIpc) is 2.72. The van der Waals surface area contributed by atoms with Gasteiger partial charge in [-0.3, -0.25) is 4.90 Å². The van der Waals surface area contributed by atoms with Gasteiger partial charge < -0.3 is 0 Å². The molecule has 170 valence electrons. The molecule has 1 aliphatic heterocycles. The van der Waals surface area contributed by atoms with Crippen molar-refractivity contribution in [2.75, 3.05) is 13.1 Å². The lowest BCUT2D eigenvalue weighted by Crippen LogP contribution is -2.53. The first-order chi connectivity index (χ1) is 15.7. The third kappa shape index (κ3) is 5.05. The number of aromatic nitrogens is 1. The summed E-state index contributed by atoms with van der Waals surface area (Å²) >= 11 is 5.98. The third-order valence-corrected chi connectivity index (χ3v) is 6.38. The van der Waals surface area contributed by atoms with Gasteiger partial charge in [-0.05, 0) is 66.8 Å². The highest BCUT2D eigenvalue weighted by Crippen LogP contribution is 2.45. The second-order valence-electron chi connectivity index (χ2n) is 9.01. The molecule has 0 N–H and O–H groups in total. The molecule has 1 saturated heterocycles. The lowest BCUT2D eigenvalue weighted by atomic mass is 9.72. The van der Waals surface area contributed by atoms with E-state index >= 15 is 4.39 Å². The zero-order chi connectivity index (χ0) is 23.8. The number of halogens is 4. The molecular weight excluding hydrogens is 447 g/mol. The maximum absolute atomic E-state index is 15.3. The highest BCUT2D eigenvalue weighted by Gasteiger charge is 2.45. The predicted molar refractivity (Wildman–Crippen MR) is 122 cm³/mol. The summed E-state index contributed by atoms with van der Waals surface area (Å²) in [5.41, 5.74) is 0.982. The highest BCUT2D eigenvalue weighted by atomic mass is 35.5. The molecule has 2 heterocycles. The molecule has 1 fully saturated rings. The number of likely N-dealkylation sites (tertiary alicyclic amines) is 1. The number of hydrogen-bond acceptors (Lipinski definition) is 3. The van der Waals surface area contributed by atoms with Crippen molar-refractivity contribution < 1.29 is 13.2 Å². The fraction of sp³-hybridized carbons (Fsp3) is 0.308. The number of alkyl halides is 1. The molecule has 0 saturated carbocycles. The number of nitrogens with zero attached hydrogens (tertiary/aromatic N) is 3. The molecular formula is C26H23ClF3N3. The summed E-state index contributed by atoms with van der Waals surface area (Å²) in [5, 5.41) is 9.71. The van der Waals surface area contributed by atoms with Gasteiger partial charge >= 0.3 is 0 Å². The fourth-order valence-corrected chi connectivity index (χ4v) is 5.01. The summed E-state index contributed by atoms with van der Waals surface area (Å²) in [6, 6.07) is 16.1. The van der Waals surface area contributed by atoms with Crippen LogP contribution < -0.4 is 0 Å². The molecule has 2 atom stereocenters. The van der Waals surface area contributed by atoms with Crippen LogP contribution in [0, 0.1) is 28.9 Å². The van der Waals surface area contributed by atoms with Crippen LogP contribution in [-0.4, -0.2) is 28.6 Å². The molecule has 0 amide bonds. The van der Waals surface area contributed by atoms with Crippen LogP contribution in [0.25, 0.3) is 0 Å². The van der Waals surface area contributed by atoms with E-state index in [0.29, 0.717) is 29.4 Å². The summed E-state index contributed by atoms with van der Waals surface area (Å²) in [6.45, 7) is 3.92. The van der Waals surface area contributed by atoms with Crippen LogP contribution in [0.5, 0.6) is 0 Å². The van der Waals surface area contributed by atoms with Crippen molar-refractivity contribution in [1.82, 2.24) is 9.88 Å². The Morgan fingerprint density at radius 2 is 1.73 bits per heavy atom. The first-order valence-electron chi connectivity index (χ1n) is 10.7. The van der Waals surface area contributed by atoms with Crippen LogP contribution in [0.2, 0.25) is 5.15 Å². The van der Waals surface area contributed by atoms with Crippen LogP contribution >= 0.6 is 11.6 Å². The van der Waals surface area contributed by atoms with Gasteiger partial charge in [0.2, 0.25) is 0 Å². The Hall–Kier alpha value is -2.88. The van der Waals surface area contributed by atoms with Gasteiger partial charge in [0, 0.05) is 31.3 Å². The first kappa shape index (κ1) is 23.3. The van der Waals surface area contributed by atoms with E-state index in [4.69, 9.17) is 11.6 Å². The average molecular weight is 470 g/mol. The minimum absolute atomic E-state index is 0.145. The second-order valence-corrected chi connectivity index (χ2v) is 9.40. The third-order valence-electron chi connectivity index (χ3n) is 6.16. The summed E-state index contributed by atoms with van der Waals surface area (Å²) in [5.74, 6) is -2.25. The van der Waals surface area contributed by atoms with E-state index in [2.05, 4.69) is 16.0 Å². The van der Waals surface area contributed by atoms with Crippen molar-refractivity contribution in [3.63, 3.8) is 0 Å². The molecule has 7 heteroatoms. The van der Waals surface area contributed by atoms with Gasteiger partial charge in [-0.2, -0.15) is 5.26 Å². The monoisotopic (exact) mass is 469 g/mol. The molecule has 1 aliphatic rings. The van der Waals surface area contributed by atoms with Crippen molar-refractivity contribution in [3.8, 4) is 6.07 Å². The summed E-state index contributed by atoms with van der Waals surface area (Å²) in [6.07, 6.45) is 1.69. The smallest absolute Gasteiger partial charge is 0.129 e. The molecule has 0 bridgehead atoms. The fourth-order valence-electron chi connectivity index (χ4n) is 4.90. The largest absolute Gasteiger partial charge is 0.292 e. The van der Waals surface area contributed by atoms with Crippen molar-refractivity contribution in [1.29, 1.82) is 5.26 Å². The van der Waals surface area contributed by atoms with Gasteiger partial charge in [0.15, 0.2) is 0 Å². The van der Waals surface area contributed by atoms with Crippen molar-refractivity contribution >= 4 is 11.6 Å². The number of benzene rings is 2. The van der Waals surface area contributed by atoms with Gasteiger partial charge in [0.05, 0.1) is 17.7 Å². The molecule has 4 rings (SSSR count). The van der Waals surface area contributed by atoms with Crippen LogP contribution in [0.15, 0.2) is 60.8 Å². The van der Waals surface area contributed by atoms with Crippen molar-refractivity contribution in [2.45, 2.75) is 31.5 Å². The lowest BCUT2D eigenvalue weighted by Gasteiger charge is -2.50. The zero-order valence-corrected chi connectivity index (χ0v) is 19.0. The van der Waals surface area contributed by atoms with Gasteiger partial charge in [-0.25, -0.2) is 18.2 Å². The van der Waals surface area contributed by atoms with E-state index in [-0.39, 0.29) is 12.0 Å². The SMILES string of the molecule is CC(C)(F)C(c1cc(F)cc(F)c1)C1CN(C(c2ccc(Cl)nc2)c2cccc(C#N)c2)C1. The Morgan fingerprint density at radius 3 is 2.30 bits per heavy atom. The van der Waals surface area contributed by atoms with E-state index < -0.39 is 23.2 Å². The van der Waals surface area contributed by atoms with Gasteiger partial charge in [-0.15, -0.1) is 0 Å². The van der Waals surface area contributed by atoms with E-state index in [1.807, 2.05) is 24.3 Å². The summed E-state index contributed by atoms with van der Waals surface area (Å²) in [4.78, 5) is 6.35. The molecule has 2 unspecified atom stereocenters. The van der Waals surface area contributed by atoms with Crippen LogP contribution in [0.3, 0.4) is 0 Å². The van der Waals surface area contributed by atoms with Crippen molar-refractivity contribution in [3.05, 3.63) is 99.8 Å². The lowest BCUT2D eigenvalue weighted by molar-refractivity contribution is 0.00797. The van der Waals surface area contributed by atoms with Crippen LogP contribution in [0.1, 0.15) is 48.1 Å². The first-order valence-corrected chi connectivity index (χ1v) is 11.0. The Morgan fingerprint density at radius 1 is 1.03 bits per heavy atom. The van der Waals surface area contributed by atoms with E-state index in [9.17, 15) is 14.0 Å². The second kappa shape index (κ2) is 9.17. The number of hydrogen-bond donors (Lipinski definition) is 0. The Bertz CT molecular complexity index is 1160. The molecule has 0 radical (unpaired) electrons. The quantitative estimate of drug-likeness (QED) is 0.390. The predicted octanol–water partition coefficient (Wildman–Crippen LogP) is 6.44. The Labute approximate surface area is 196 Å². The maximum atomic E-state index is 15.3. The zero-order valence-electron chi connectivity index (χ0n) is 18.3. The summed E-state index contributed by atoms with van der Waals surface area (Å²) < 4.78 is 43.1. The van der Waals surface area contributed by atoms with Crippen LogP contribution in [0.4, 0.5) is 13.2 Å². The topological polar surface area (TPSA) is 39.9 Å². The molecule has 2 aromatic carbocycles. The number of nitriles is 1. The molecule has 3 aromatic rings. The van der Waals surface area contributed by atoms with E-state index in [1.165, 1.54) is 26.0 Å². The minimum Gasteiger partial charge on any atom is -0.292 e.